The average Bonchev–Trinajstić information content (AvgIpc) is 2.41. The summed E-state index contributed by atoms with van der Waals surface area (Å²) in [7, 11) is 1.60. The van der Waals surface area contributed by atoms with Gasteiger partial charge in [0.1, 0.15) is 5.75 Å². The highest BCUT2D eigenvalue weighted by molar-refractivity contribution is 5.90. The summed E-state index contributed by atoms with van der Waals surface area (Å²) in [6.07, 6.45) is 1.76. The van der Waals surface area contributed by atoms with Gasteiger partial charge in [0.25, 0.3) is 0 Å². The third-order valence-electron chi connectivity index (χ3n) is 2.77. The van der Waals surface area contributed by atoms with Gasteiger partial charge in [0.05, 0.1) is 13.2 Å². The standard InChI is InChI=1S/C14H18N2O2/c1-3-11(10-15)4-9-14(17)16-12-5-7-13(18-2)8-6-12/h5-8,11H,3-4,9H2,1-2H3,(H,16,17). The predicted molar refractivity (Wildman–Crippen MR) is 70.3 cm³/mol. The molecule has 1 atom stereocenters. The lowest BCUT2D eigenvalue weighted by Crippen LogP contribution is -2.12. The molecule has 0 spiro atoms. The number of nitriles is 1. The zero-order valence-electron chi connectivity index (χ0n) is 10.8. The van der Waals surface area contributed by atoms with E-state index in [9.17, 15) is 4.79 Å². The molecule has 4 heteroatoms. The van der Waals surface area contributed by atoms with Crippen molar-refractivity contribution in [3.05, 3.63) is 24.3 Å². The number of anilines is 1. The van der Waals surface area contributed by atoms with Crippen LogP contribution < -0.4 is 10.1 Å². The fourth-order valence-electron chi connectivity index (χ4n) is 1.56. The Morgan fingerprint density at radius 3 is 2.61 bits per heavy atom. The van der Waals surface area contributed by atoms with Gasteiger partial charge in [0.15, 0.2) is 0 Å². The number of methoxy groups -OCH3 is 1. The number of carbonyl (C=O) groups is 1. The van der Waals surface area contributed by atoms with Gasteiger partial charge in [-0.05, 0) is 37.1 Å². The average molecular weight is 246 g/mol. The van der Waals surface area contributed by atoms with E-state index >= 15 is 0 Å². The molecule has 0 aliphatic heterocycles. The van der Waals surface area contributed by atoms with Crippen LogP contribution in [0.5, 0.6) is 5.75 Å². The molecule has 0 saturated heterocycles. The van der Waals surface area contributed by atoms with Crippen molar-refractivity contribution in [3.8, 4) is 11.8 Å². The smallest absolute Gasteiger partial charge is 0.224 e. The van der Waals surface area contributed by atoms with Gasteiger partial charge < -0.3 is 10.1 Å². The van der Waals surface area contributed by atoms with Gasteiger partial charge in [0, 0.05) is 18.0 Å². The van der Waals surface area contributed by atoms with Gasteiger partial charge >= 0.3 is 0 Å². The Hall–Kier alpha value is -2.02. The maximum atomic E-state index is 11.7. The molecule has 4 nitrogen and oxygen atoms in total. The third-order valence-corrected chi connectivity index (χ3v) is 2.77. The largest absolute Gasteiger partial charge is 0.497 e. The fourth-order valence-corrected chi connectivity index (χ4v) is 1.56. The van der Waals surface area contributed by atoms with E-state index < -0.39 is 0 Å². The molecule has 0 bridgehead atoms. The molecule has 0 aromatic heterocycles. The molecule has 1 unspecified atom stereocenters. The predicted octanol–water partition coefficient (Wildman–Crippen LogP) is 2.96. The molecule has 1 rings (SSSR count). The SMILES string of the molecule is CCC(C#N)CCC(=O)Nc1ccc(OC)cc1. The molecular formula is C14H18N2O2. The van der Waals surface area contributed by atoms with Crippen molar-refractivity contribution in [2.24, 2.45) is 5.92 Å². The minimum atomic E-state index is -0.0612. The Morgan fingerprint density at radius 2 is 2.11 bits per heavy atom. The number of nitrogens with zero attached hydrogens (tertiary/aromatic N) is 1. The molecule has 0 aliphatic carbocycles. The van der Waals surface area contributed by atoms with Crippen molar-refractivity contribution in [2.45, 2.75) is 26.2 Å². The van der Waals surface area contributed by atoms with E-state index in [1.54, 1.807) is 31.4 Å². The number of carbonyl (C=O) groups excluding carboxylic acids is 1. The lowest BCUT2D eigenvalue weighted by molar-refractivity contribution is -0.116. The first-order valence-corrected chi connectivity index (χ1v) is 6.03. The van der Waals surface area contributed by atoms with Crippen LogP contribution in [0.3, 0.4) is 0 Å². The van der Waals surface area contributed by atoms with E-state index in [0.29, 0.717) is 12.8 Å². The zero-order chi connectivity index (χ0) is 13.4. The topological polar surface area (TPSA) is 62.1 Å². The summed E-state index contributed by atoms with van der Waals surface area (Å²) in [5, 5.41) is 11.6. The van der Waals surface area contributed by atoms with E-state index in [1.165, 1.54) is 0 Å². The summed E-state index contributed by atoms with van der Waals surface area (Å²) in [5.41, 5.74) is 0.741. The first kappa shape index (κ1) is 14.0. The summed E-state index contributed by atoms with van der Waals surface area (Å²) in [5.74, 6) is 0.656. The summed E-state index contributed by atoms with van der Waals surface area (Å²) in [6.45, 7) is 1.95. The van der Waals surface area contributed by atoms with E-state index in [1.807, 2.05) is 6.92 Å². The van der Waals surface area contributed by atoms with Crippen LogP contribution in [-0.2, 0) is 4.79 Å². The summed E-state index contributed by atoms with van der Waals surface area (Å²) < 4.78 is 5.03. The monoisotopic (exact) mass is 246 g/mol. The van der Waals surface area contributed by atoms with Crippen molar-refractivity contribution in [1.82, 2.24) is 0 Å². The molecule has 0 heterocycles. The molecule has 96 valence electrons. The summed E-state index contributed by atoms with van der Waals surface area (Å²) in [6, 6.07) is 9.35. The number of amides is 1. The van der Waals surface area contributed by atoms with Gasteiger partial charge in [-0.25, -0.2) is 0 Å². The summed E-state index contributed by atoms with van der Waals surface area (Å²) >= 11 is 0. The Kier molecular flexibility index (Phi) is 5.72. The molecule has 0 aliphatic rings. The van der Waals surface area contributed by atoms with Crippen molar-refractivity contribution in [2.75, 3.05) is 12.4 Å². The van der Waals surface area contributed by atoms with Gasteiger partial charge in [-0.1, -0.05) is 6.92 Å². The van der Waals surface area contributed by atoms with Crippen molar-refractivity contribution < 1.29 is 9.53 Å². The quantitative estimate of drug-likeness (QED) is 0.839. The minimum absolute atomic E-state index is 0.0355. The molecular weight excluding hydrogens is 228 g/mol. The highest BCUT2D eigenvalue weighted by Gasteiger charge is 2.08. The second-order valence-electron chi connectivity index (χ2n) is 4.05. The Morgan fingerprint density at radius 1 is 1.44 bits per heavy atom. The van der Waals surface area contributed by atoms with Gasteiger partial charge in [0.2, 0.25) is 5.91 Å². The lowest BCUT2D eigenvalue weighted by atomic mass is 10.0. The highest BCUT2D eigenvalue weighted by atomic mass is 16.5. The van der Waals surface area contributed by atoms with Crippen LogP contribution in [0.25, 0.3) is 0 Å². The van der Waals surface area contributed by atoms with Crippen LogP contribution in [0.15, 0.2) is 24.3 Å². The first-order chi connectivity index (χ1) is 8.69. The Labute approximate surface area is 108 Å². The highest BCUT2D eigenvalue weighted by Crippen LogP contribution is 2.16. The maximum Gasteiger partial charge on any atom is 0.224 e. The number of hydrogen-bond donors (Lipinski definition) is 1. The van der Waals surface area contributed by atoms with Crippen molar-refractivity contribution in [3.63, 3.8) is 0 Å². The number of nitrogens with one attached hydrogen (secondary N) is 1. The van der Waals surface area contributed by atoms with Crippen LogP contribution in [-0.4, -0.2) is 13.0 Å². The fraction of sp³-hybridized carbons (Fsp3) is 0.429. The Bertz CT molecular complexity index is 420. The molecule has 0 saturated carbocycles. The van der Waals surface area contributed by atoms with Crippen LogP contribution in [0.1, 0.15) is 26.2 Å². The third kappa shape index (κ3) is 4.46. The number of hydrogen-bond acceptors (Lipinski definition) is 3. The van der Waals surface area contributed by atoms with Crippen LogP contribution in [0.4, 0.5) is 5.69 Å². The van der Waals surface area contributed by atoms with Crippen molar-refractivity contribution in [1.29, 1.82) is 5.26 Å². The van der Waals surface area contributed by atoms with Crippen LogP contribution in [0.2, 0.25) is 0 Å². The molecule has 1 amide bonds. The van der Waals surface area contributed by atoms with Gasteiger partial charge in [-0.3, -0.25) is 4.79 Å². The van der Waals surface area contributed by atoms with E-state index in [2.05, 4.69) is 11.4 Å². The maximum absolute atomic E-state index is 11.7. The van der Waals surface area contributed by atoms with Gasteiger partial charge in [-0.2, -0.15) is 5.26 Å². The summed E-state index contributed by atoms with van der Waals surface area (Å²) in [4.78, 5) is 11.7. The van der Waals surface area contributed by atoms with Gasteiger partial charge in [-0.15, -0.1) is 0 Å². The normalized spacial score (nSPS) is 11.4. The van der Waals surface area contributed by atoms with Crippen LogP contribution in [0, 0.1) is 17.2 Å². The zero-order valence-corrected chi connectivity index (χ0v) is 10.8. The number of ether oxygens (including phenoxy) is 1. The molecule has 1 aromatic rings. The Balaban J connectivity index is 2.42. The van der Waals surface area contributed by atoms with E-state index in [-0.39, 0.29) is 11.8 Å². The number of benzene rings is 1. The molecule has 1 N–H and O–H groups in total. The lowest BCUT2D eigenvalue weighted by Gasteiger charge is -2.07. The minimum Gasteiger partial charge on any atom is -0.497 e. The molecule has 0 radical (unpaired) electrons. The van der Waals surface area contributed by atoms with Crippen molar-refractivity contribution >= 4 is 11.6 Å². The second kappa shape index (κ2) is 7.33. The molecule has 1 aromatic carbocycles. The number of rotatable bonds is 6. The van der Waals surface area contributed by atoms with Crippen LogP contribution >= 0.6 is 0 Å². The van der Waals surface area contributed by atoms with E-state index in [0.717, 1.165) is 17.9 Å². The first-order valence-electron chi connectivity index (χ1n) is 6.03. The van der Waals surface area contributed by atoms with E-state index in [4.69, 9.17) is 10.00 Å². The molecule has 18 heavy (non-hydrogen) atoms. The molecule has 0 fully saturated rings. The second-order valence-corrected chi connectivity index (χ2v) is 4.05.